The number of rotatable bonds is 5. The number of carboxylic acids is 1. The quantitative estimate of drug-likeness (QED) is 0.832. The molecule has 2 aromatic rings. The zero-order valence-electron chi connectivity index (χ0n) is 14.3. The molecule has 132 valence electrons. The fourth-order valence-electron chi connectivity index (χ4n) is 3.41. The molecule has 3 N–H and O–H groups in total. The molecule has 1 atom stereocenters. The van der Waals surface area contributed by atoms with Gasteiger partial charge in [0.25, 0.3) is 0 Å². The van der Waals surface area contributed by atoms with E-state index < -0.39 is 30.1 Å². The lowest BCUT2D eigenvalue weighted by molar-refractivity contribution is -0.137. The van der Waals surface area contributed by atoms with Gasteiger partial charge in [0.15, 0.2) is 0 Å². The van der Waals surface area contributed by atoms with Crippen molar-refractivity contribution in [1.82, 2.24) is 0 Å². The molecule has 0 bridgehead atoms. The lowest BCUT2D eigenvalue weighted by Crippen LogP contribution is -2.19. The molecule has 0 aliphatic heterocycles. The van der Waals surface area contributed by atoms with E-state index in [9.17, 15) is 9.18 Å². The molecule has 3 nitrogen and oxygen atoms in total. The molecule has 0 heterocycles. The van der Waals surface area contributed by atoms with Gasteiger partial charge < -0.3 is 10.8 Å². The van der Waals surface area contributed by atoms with Gasteiger partial charge in [-0.05, 0) is 60.9 Å². The van der Waals surface area contributed by atoms with Crippen molar-refractivity contribution < 1.29 is 18.7 Å². The zero-order valence-corrected chi connectivity index (χ0v) is 14.3. The van der Waals surface area contributed by atoms with Crippen LogP contribution in [0.15, 0.2) is 24.3 Å². The van der Waals surface area contributed by atoms with Gasteiger partial charge in [-0.25, -0.2) is 8.78 Å². The highest BCUT2D eigenvalue weighted by atomic mass is 19.1. The van der Waals surface area contributed by atoms with Crippen LogP contribution in [0.2, 0.25) is 0 Å². The van der Waals surface area contributed by atoms with Crippen molar-refractivity contribution in [3.8, 4) is 11.1 Å². The molecule has 0 amide bonds. The number of benzene rings is 2. The lowest BCUT2D eigenvalue weighted by atomic mass is 9.89. The number of carbonyl (C=O) groups is 1. The van der Waals surface area contributed by atoms with Crippen molar-refractivity contribution in [1.29, 1.82) is 0 Å². The summed E-state index contributed by atoms with van der Waals surface area (Å²) < 4.78 is 30.1. The van der Waals surface area contributed by atoms with Crippen LogP contribution in [-0.4, -0.2) is 11.1 Å². The molecule has 0 radical (unpaired) electrons. The van der Waals surface area contributed by atoms with Crippen LogP contribution in [0.4, 0.5) is 8.78 Å². The third-order valence-corrected chi connectivity index (χ3v) is 4.80. The van der Waals surface area contributed by atoms with Crippen LogP contribution in [0.25, 0.3) is 11.1 Å². The first-order valence-electron chi connectivity index (χ1n) is 8.37. The van der Waals surface area contributed by atoms with Gasteiger partial charge in [-0.3, -0.25) is 4.79 Å². The van der Waals surface area contributed by atoms with Gasteiger partial charge in [0, 0.05) is 17.2 Å². The van der Waals surface area contributed by atoms with Crippen molar-refractivity contribution in [2.24, 2.45) is 5.73 Å². The summed E-state index contributed by atoms with van der Waals surface area (Å²) in [5, 5.41) is 8.97. The first-order chi connectivity index (χ1) is 11.8. The van der Waals surface area contributed by atoms with E-state index in [0.29, 0.717) is 16.7 Å². The number of hydrogen-bond acceptors (Lipinski definition) is 2. The Morgan fingerprint density at radius 3 is 2.36 bits per heavy atom. The Hall–Kier alpha value is -2.27. The molecular formula is C20H21F2NO2. The minimum absolute atomic E-state index is 0.0550. The molecule has 5 heteroatoms. The van der Waals surface area contributed by atoms with E-state index >= 15 is 4.39 Å². The van der Waals surface area contributed by atoms with E-state index in [1.807, 2.05) is 32.0 Å². The maximum Gasteiger partial charge on any atom is 0.305 e. The first-order valence-corrected chi connectivity index (χ1v) is 8.37. The number of hydrogen-bond donors (Lipinski definition) is 2. The summed E-state index contributed by atoms with van der Waals surface area (Å²) in [5.41, 5.74) is 8.75. The SMILES string of the molecule is Cc1cccc(C)c1-c1cc(C2CC2)c(F)c(C(N)CC(=O)O)c1F. The van der Waals surface area contributed by atoms with E-state index in [4.69, 9.17) is 10.8 Å². The number of halogens is 2. The second-order valence-corrected chi connectivity index (χ2v) is 6.80. The molecule has 0 aromatic heterocycles. The minimum Gasteiger partial charge on any atom is -0.481 e. The van der Waals surface area contributed by atoms with Crippen molar-refractivity contribution in [2.45, 2.75) is 45.1 Å². The highest BCUT2D eigenvalue weighted by Gasteiger charge is 2.33. The maximum atomic E-state index is 15.2. The Kier molecular flexibility index (Phi) is 4.60. The molecule has 1 unspecified atom stereocenters. The second kappa shape index (κ2) is 6.56. The molecule has 25 heavy (non-hydrogen) atoms. The Morgan fingerprint density at radius 2 is 1.84 bits per heavy atom. The van der Waals surface area contributed by atoms with Gasteiger partial charge in [0.1, 0.15) is 11.6 Å². The third-order valence-electron chi connectivity index (χ3n) is 4.80. The number of carboxylic acid groups (broad SMARTS) is 1. The number of aliphatic carboxylic acids is 1. The molecule has 0 saturated heterocycles. The van der Waals surface area contributed by atoms with Gasteiger partial charge in [-0.1, -0.05) is 18.2 Å². The number of aryl methyl sites for hydroxylation is 2. The lowest BCUT2D eigenvalue weighted by Gasteiger charge is -2.20. The van der Waals surface area contributed by atoms with Crippen LogP contribution in [0, 0.1) is 25.5 Å². The molecule has 0 spiro atoms. The van der Waals surface area contributed by atoms with E-state index in [0.717, 1.165) is 24.0 Å². The van der Waals surface area contributed by atoms with Crippen LogP contribution in [0.1, 0.15) is 53.5 Å². The monoisotopic (exact) mass is 345 g/mol. The highest BCUT2D eigenvalue weighted by molar-refractivity contribution is 5.74. The Labute approximate surface area is 145 Å². The third kappa shape index (κ3) is 3.29. The van der Waals surface area contributed by atoms with Gasteiger partial charge in [-0.2, -0.15) is 0 Å². The van der Waals surface area contributed by atoms with Crippen LogP contribution in [0.3, 0.4) is 0 Å². The summed E-state index contributed by atoms with van der Waals surface area (Å²) in [6.45, 7) is 3.75. The predicted octanol–water partition coefficient (Wildman–Crippen LogP) is 4.60. The fourth-order valence-corrected chi connectivity index (χ4v) is 3.41. The largest absolute Gasteiger partial charge is 0.481 e. The van der Waals surface area contributed by atoms with E-state index in [1.54, 1.807) is 6.07 Å². The van der Waals surface area contributed by atoms with Crippen LogP contribution >= 0.6 is 0 Å². The molecule has 3 rings (SSSR count). The summed E-state index contributed by atoms with van der Waals surface area (Å²) >= 11 is 0. The Balaban J connectivity index is 2.26. The highest BCUT2D eigenvalue weighted by Crippen LogP contribution is 2.45. The summed E-state index contributed by atoms with van der Waals surface area (Å²) in [6, 6.07) is 5.99. The average Bonchev–Trinajstić information content (AvgIpc) is 3.33. The minimum atomic E-state index is -1.22. The standard InChI is InChI=1S/C20H21F2NO2/c1-10-4-3-5-11(2)17(10)14-8-13(12-6-7-12)19(21)18(20(14)22)15(23)9-16(24)25/h3-5,8,12,15H,6-7,9,23H2,1-2H3,(H,24,25). The molecule has 1 aliphatic rings. The molecule has 1 saturated carbocycles. The van der Waals surface area contributed by atoms with Gasteiger partial charge in [0.05, 0.1) is 6.42 Å². The maximum absolute atomic E-state index is 15.2. The van der Waals surface area contributed by atoms with Gasteiger partial charge in [0.2, 0.25) is 0 Å². The predicted molar refractivity (Wildman–Crippen MR) is 92.4 cm³/mol. The molecule has 1 aliphatic carbocycles. The van der Waals surface area contributed by atoms with Crippen molar-refractivity contribution in [3.05, 3.63) is 58.2 Å². The van der Waals surface area contributed by atoms with Gasteiger partial charge >= 0.3 is 5.97 Å². The zero-order chi connectivity index (χ0) is 18.3. The first kappa shape index (κ1) is 17.5. The summed E-state index contributed by atoms with van der Waals surface area (Å²) in [4.78, 5) is 11.0. The smallest absolute Gasteiger partial charge is 0.305 e. The van der Waals surface area contributed by atoms with Crippen molar-refractivity contribution >= 4 is 5.97 Å². The van der Waals surface area contributed by atoms with Crippen LogP contribution < -0.4 is 5.73 Å². The van der Waals surface area contributed by atoms with Crippen LogP contribution in [-0.2, 0) is 4.79 Å². The van der Waals surface area contributed by atoms with Crippen molar-refractivity contribution in [3.63, 3.8) is 0 Å². The summed E-state index contributed by atoms with van der Waals surface area (Å²) in [6.07, 6.45) is 1.18. The molecule has 2 aromatic carbocycles. The fraction of sp³-hybridized carbons (Fsp3) is 0.350. The van der Waals surface area contributed by atoms with E-state index in [-0.39, 0.29) is 11.5 Å². The van der Waals surface area contributed by atoms with E-state index in [2.05, 4.69) is 0 Å². The summed E-state index contributed by atoms with van der Waals surface area (Å²) in [5.74, 6) is -2.58. The normalized spacial score (nSPS) is 15.2. The van der Waals surface area contributed by atoms with E-state index in [1.165, 1.54) is 0 Å². The van der Waals surface area contributed by atoms with Crippen molar-refractivity contribution in [2.75, 3.05) is 0 Å². The van der Waals surface area contributed by atoms with Crippen LogP contribution in [0.5, 0.6) is 0 Å². The summed E-state index contributed by atoms with van der Waals surface area (Å²) in [7, 11) is 0. The molecule has 1 fully saturated rings. The Bertz CT molecular complexity index is 824. The average molecular weight is 345 g/mol. The number of nitrogens with two attached hydrogens (primary N) is 1. The topological polar surface area (TPSA) is 63.3 Å². The molecular weight excluding hydrogens is 324 g/mol. The second-order valence-electron chi connectivity index (χ2n) is 6.80. The Morgan fingerprint density at radius 1 is 1.24 bits per heavy atom. The van der Waals surface area contributed by atoms with Gasteiger partial charge in [-0.15, -0.1) is 0 Å².